The molecule has 3 amide bonds. The summed E-state index contributed by atoms with van der Waals surface area (Å²) >= 11 is 3.54. The first-order valence-electron chi connectivity index (χ1n) is 8.76. The molecule has 2 aliphatic heterocycles. The van der Waals surface area contributed by atoms with Crippen LogP contribution in [0.3, 0.4) is 0 Å². The van der Waals surface area contributed by atoms with Crippen molar-refractivity contribution in [1.82, 2.24) is 25.4 Å². The third-order valence-electron chi connectivity index (χ3n) is 4.36. The van der Waals surface area contributed by atoms with E-state index < -0.39 is 29.2 Å². The minimum atomic E-state index is -1.28. The number of hydrogen-bond donors (Lipinski definition) is 4. The Labute approximate surface area is 186 Å². The molecular weight excluding hydrogens is 466 g/mol. The molecule has 0 saturated carbocycles. The van der Waals surface area contributed by atoms with Gasteiger partial charge >= 0.3 is 5.97 Å². The zero-order valence-corrected chi connectivity index (χ0v) is 18.3. The van der Waals surface area contributed by atoms with E-state index in [4.69, 9.17) is 5.73 Å². The number of carboxylic acids is 1. The molecule has 1 fully saturated rings. The van der Waals surface area contributed by atoms with Crippen molar-refractivity contribution in [2.75, 3.05) is 16.8 Å². The maximum absolute atomic E-state index is 12.7. The van der Waals surface area contributed by atoms with Gasteiger partial charge < -0.3 is 21.5 Å². The summed E-state index contributed by atoms with van der Waals surface area (Å²) in [7, 11) is 0. The molecule has 15 heteroatoms. The molecular formula is C16H15N7O5S3. The number of carbonyl (C=O) groups is 4. The summed E-state index contributed by atoms with van der Waals surface area (Å²) in [4.78, 5) is 53.3. The fraction of sp³-hybridized carbons (Fsp3) is 0.312. The lowest BCUT2D eigenvalue weighted by molar-refractivity contribution is -0.150. The minimum Gasteiger partial charge on any atom is -0.477 e. The van der Waals surface area contributed by atoms with Gasteiger partial charge in [0.15, 0.2) is 5.13 Å². The van der Waals surface area contributed by atoms with E-state index >= 15 is 0 Å². The Kier molecular flexibility index (Phi) is 5.63. The van der Waals surface area contributed by atoms with Crippen molar-refractivity contribution in [2.24, 2.45) is 0 Å². The van der Waals surface area contributed by atoms with E-state index in [0.717, 1.165) is 16.2 Å². The summed E-state index contributed by atoms with van der Waals surface area (Å²) in [5, 5.41) is 24.6. The van der Waals surface area contributed by atoms with Gasteiger partial charge in [-0.1, -0.05) is 11.3 Å². The highest BCUT2D eigenvalue weighted by Gasteiger charge is 2.54. The number of aromatic nitrogens is 3. The van der Waals surface area contributed by atoms with E-state index in [0.29, 0.717) is 21.4 Å². The Bertz CT molecular complexity index is 1130. The number of nitrogens with one attached hydrogen (secondary N) is 2. The average Bonchev–Trinajstić information content (AvgIpc) is 3.33. The summed E-state index contributed by atoms with van der Waals surface area (Å²) in [6.07, 6.45) is -0.0293. The fourth-order valence-electron chi connectivity index (χ4n) is 3.12. The number of aliphatic carboxylic acids is 1. The van der Waals surface area contributed by atoms with Crippen LogP contribution in [-0.4, -0.2) is 66.0 Å². The Morgan fingerprint density at radius 2 is 2.13 bits per heavy atom. The molecule has 0 bridgehead atoms. The Hall–Kier alpha value is -3.04. The smallest absolute Gasteiger partial charge is 0.353 e. The number of nitrogens with zero attached hydrogens (tertiary/aromatic N) is 4. The van der Waals surface area contributed by atoms with E-state index in [1.165, 1.54) is 30.0 Å². The summed E-state index contributed by atoms with van der Waals surface area (Å²) in [6.45, 7) is 1.32. The lowest BCUT2D eigenvalue weighted by atomic mass is 10.0. The van der Waals surface area contributed by atoms with Gasteiger partial charge in [-0.3, -0.25) is 19.3 Å². The second-order valence-electron chi connectivity index (χ2n) is 6.53. The molecule has 5 N–H and O–H groups in total. The van der Waals surface area contributed by atoms with Crippen LogP contribution in [0.1, 0.15) is 17.6 Å². The van der Waals surface area contributed by atoms with Crippen LogP contribution in [0.25, 0.3) is 5.57 Å². The number of thioether (sulfide) groups is 1. The number of carboxylic acid groups (broad SMARTS) is 1. The van der Waals surface area contributed by atoms with E-state index in [1.54, 1.807) is 5.38 Å². The zero-order valence-electron chi connectivity index (χ0n) is 15.8. The number of fused-ring (bicyclic) bond motifs is 1. The fourth-order valence-corrected chi connectivity index (χ4v) is 5.96. The molecule has 0 spiro atoms. The molecule has 2 aromatic rings. The number of rotatable bonds is 6. The molecule has 162 valence electrons. The minimum absolute atomic E-state index is 0.0293. The predicted octanol–water partition coefficient (Wildman–Crippen LogP) is -0.0265. The quantitative estimate of drug-likeness (QED) is 0.409. The van der Waals surface area contributed by atoms with Gasteiger partial charge in [0.25, 0.3) is 5.91 Å². The molecule has 2 aromatic heterocycles. The Balaban J connectivity index is 1.51. The van der Waals surface area contributed by atoms with Gasteiger partial charge in [-0.15, -0.1) is 33.3 Å². The van der Waals surface area contributed by atoms with Crippen LogP contribution in [0.2, 0.25) is 0 Å². The predicted molar refractivity (Wildman–Crippen MR) is 114 cm³/mol. The third kappa shape index (κ3) is 4.11. The van der Waals surface area contributed by atoms with Crippen LogP contribution in [0.15, 0.2) is 11.1 Å². The number of hydrogen-bond acceptors (Lipinski definition) is 11. The van der Waals surface area contributed by atoms with Crippen molar-refractivity contribution in [1.29, 1.82) is 0 Å². The summed E-state index contributed by atoms with van der Waals surface area (Å²) in [5.74, 6) is -2.29. The molecule has 0 aliphatic carbocycles. The SMILES string of the molecule is CC(=O)Nc1nnc(C2=C(C(=O)O)N3C(=O)C(NC(=O)Cc4csc(N)n4)C3SC2)s1. The Morgan fingerprint density at radius 3 is 2.77 bits per heavy atom. The molecule has 2 aliphatic rings. The molecule has 31 heavy (non-hydrogen) atoms. The van der Waals surface area contributed by atoms with Crippen molar-refractivity contribution in [3.05, 3.63) is 21.8 Å². The second-order valence-corrected chi connectivity index (χ2v) is 9.51. The van der Waals surface area contributed by atoms with E-state index in [1.807, 2.05) is 0 Å². The van der Waals surface area contributed by atoms with E-state index in [-0.39, 0.29) is 28.9 Å². The highest BCUT2D eigenvalue weighted by Crippen LogP contribution is 2.44. The highest BCUT2D eigenvalue weighted by atomic mass is 32.2. The van der Waals surface area contributed by atoms with E-state index in [9.17, 15) is 24.3 Å². The van der Waals surface area contributed by atoms with Gasteiger partial charge in [0.05, 0.1) is 12.1 Å². The second kappa shape index (κ2) is 8.24. The molecule has 12 nitrogen and oxygen atoms in total. The van der Waals surface area contributed by atoms with Crippen molar-refractivity contribution in [3.8, 4) is 0 Å². The van der Waals surface area contributed by atoms with Gasteiger partial charge in [0.1, 0.15) is 22.1 Å². The van der Waals surface area contributed by atoms with Crippen molar-refractivity contribution in [3.63, 3.8) is 0 Å². The van der Waals surface area contributed by atoms with Crippen LogP contribution in [0.5, 0.6) is 0 Å². The van der Waals surface area contributed by atoms with Crippen LogP contribution in [0.4, 0.5) is 10.3 Å². The van der Waals surface area contributed by atoms with Crippen molar-refractivity contribution < 1.29 is 24.3 Å². The van der Waals surface area contributed by atoms with Crippen LogP contribution >= 0.6 is 34.4 Å². The third-order valence-corrected chi connectivity index (χ3v) is 7.27. The first-order valence-corrected chi connectivity index (χ1v) is 11.5. The lowest BCUT2D eigenvalue weighted by Crippen LogP contribution is -2.70. The number of nitrogens with two attached hydrogens (primary N) is 1. The lowest BCUT2D eigenvalue weighted by Gasteiger charge is -2.49. The standard InChI is InChI=1S/C16H15N7O5S3/c1-5(24)18-16-22-21-11(31-16)7-4-29-13-9(12(26)23(13)10(7)14(27)28)20-8(25)2-6-3-30-15(17)19-6/h3,9,13H,2,4H2,1H3,(H2,17,19)(H,20,25)(H,27,28)(H,18,22,24). The first-order chi connectivity index (χ1) is 14.7. The van der Waals surface area contributed by atoms with Gasteiger partial charge in [-0.05, 0) is 0 Å². The zero-order chi connectivity index (χ0) is 22.3. The van der Waals surface area contributed by atoms with Crippen LogP contribution in [-0.2, 0) is 25.6 Å². The first kappa shape index (κ1) is 21.2. The number of nitrogen functional groups attached to an aromatic ring is 1. The number of anilines is 2. The number of β-lactam (4-membered cyclic amide) rings is 1. The highest BCUT2D eigenvalue weighted by molar-refractivity contribution is 8.00. The molecule has 4 heterocycles. The van der Waals surface area contributed by atoms with Crippen LogP contribution in [0, 0.1) is 0 Å². The van der Waals surface area contributed by atoms with Gasteiger partial charge in [-0.25, -0.2) is 9.78 Å². The maximum atomic E-state index is 12.7. The van der Waals surface area contributed by atoms with Gasteiger partial charge in [-0.2, -0.15) is 0 Å². The summed E-state index contributed by atoms with van der Waals surface area (Å²) < 4.78 is 0. The molecule has 1 saturated heterocycles. The summed E-state index contributed by atoms with van der Waals surface area (Å²) in [6, 6.07) is -0.839. The number of amides is 3. The van der Waals surface area contributed by atoms with Gasteiger partial charge in [0.2, 0.25) is 16.9 Å². The molecule has 2 atom stereocenters. The number of thiazole rings is 1. The van der Waals surface area contributed by atoms with E-state index in [2.05, 4.69) is 25.8 Å². The van der Waals surface area contributed by atoms with Gasteiger partial charge in [0, 0.05) is 23.6 Å². The summed E-state index contributed by atoms with van der Waals surface area (Å²) in [5.41, 5.74) is 6.19. The Morgan fingerprint density at radius 1 is 1.35 bits per heavy atom. The van der Waals surface area contributed by atoms with Crippen LogP contribution < -0.4 is 16.4 Å². The molecule has 4 rings (SSSR count). The topological polar surface area (TPSA) is 180 Å². The number of carbonyl (C=O) groups excluding carboxylic acids is 3. The normalized spacial score (nSPS) is 20.2. The molecule has 2 unspecified atom stereocenters. The molecule has 0 radical (unpaired) electrons. The largest absolute Gasteiger partial charge is 0.477 e. The maximum Gasteiger partial charge on any atom is 0.353 e. The monoisotopic (exact) mass is 481 g/mol. The van der Waals surface area contributed by atoms with Crippen molar-refractivity contribution >= 4 is 74.0 Å². The van der Waals surface area contributed by atoms with Crippen molar-refractivity contribution in [2.45, 2.75) is 24.8 Å². The molecule has 0 aromatic carbocycles. The average molecular weight is 482 g/mol.